The number of amidine groups is 1. The van der Waals surface area contributed by atoms with E-state index in [9.17, 15) is 0 Å². The van der Waals surface area contributed by atoms with Gasteiger partial charge >= 0.3 is 0 Å². The monoisotopic (exact) mass is 742 g/mol. The van der Waals surface area contributed by atoms with Crippen LogP contribution in [0, 0.1) is 0 Å². The zero-order valence-electron chi connectivity index (χ0n) is 31.7. The summed E-state index contributed by atoms with van der Waals surface area (Å²) >= 11 is 0. The molecule has 4 heteroatoms. The summed E-state index contributed by atoms with van der Waals surface area (Å²) in [7, 11) is 0. The molecule has 274 valence electrons. The average Bonchev–Trinajstić information content (AvgIpc) is 3.32. The molecule has 1 N–H and O–H groups in total. The Morgan fingerprint density at radius 3 is 1.71 bits per heavy atom. The maximum absolute atomic E-state index is 5.29. The summed E-state index contributed by atoms with van der Waals surface area (Å²) in [4.78, 5) is 15.6. The first kappa shape index (κ1) is 34.8. The van der Waals surface area contributed by atoms with Crippen molar-refractivity contribution in [2.24, 2.45) is 4.99 Å². The Balaban J connectivity index is 1.18. The Bertz CT molecular complexity index is 2890. The van der Waals surface area contributed by atoms with Gasteiger partial charge in [0.05, 0.1) is 23.1 Å². The normalized spacial score (nSPS) is 13.7. The summed E-state index contributed by atoms with van der Waals surface area (Å²) in [6, 6.07) is 74.2. The molecule has 9 aromatic rings. The summed E-state index contributed by atoms with van der Waals surface area (Å²) < 4.78 is 0. The van der Waals surface area contributed by atoms with Gasteiger partial charge < -0.3 is 5.32 Å². The number of benzene rings is 8. The molecule has 10 rings (SSSR count). The van der Waals surface area contributed by atoms with Gasteiger partial charge in [0.2, 0.25) is 0 Å². The Kier molecular flexibility index (Phi) is 9.26. The average molecular weight is 743 g/mol. The molecule has 0 saturated heterocycles. The van der Waals surface area contributed by atoms with Crippen LogP contribution in [-0.4, -0.2) is 15.8 Å². The topological polar surface area (TPSA) is 50.2 Å². The molecule has 1 aliphatic heterocycles. The number of fused-ring (bicyclic) bond motifs is 1. The maximum atomic E-state index is 5.29. The number of aromatic nitrogens is 2. The van der Waals surface area contributed by atoms with Gasteiger partial charge in [-0.1, -0.05) is 200 Å². The number of hydrogen-bond acceptors (Lipinski definition) is 4. The molecule has 0 spiro atoms. The van der Waals surface area contributed by atoms with Crippen LogP contribution in [0.1, 0.15) is 22.7 Å². The van der Waals surface area contributed by atoms with Crippen LogP contribution in [0.2, 0.25) is 0 Å². The fourth-order valence-electron chi connectivity index (χ4n) is 7.90. The summed E-state index contributed by atoms with van der Waals surface area (Å²) in [5.41, 5.74) is 13.4. The number of nitrogens with zero attached hydrogens (tertiary/aromatic N) is 3. The van der Waals surface area contributed by atoms with Gasteiger partial charge in [0.1, 0.15) is 5.84 Å². The number of hydrogen-bond donors (Lipinski definition) is 1. The molecule has 8 aromatic carbocycles. The Labute approximate surface area is 338 Å². The van der Waals surface area contributed by atoms with Crippen molar-refractivity contribution in [3.63, 3.8) is 0 Å². The van der Waals surface area contributed by atoms with Gasteiger partial charge in [0.25, 0.3) is 0 Å². The largest absolute Gasteiger partial charge is 0.359 e. The molecular formula is C54H38N4. The first-order valence-electron chi connectivity index (χ1n) is 19.6. The molecule has 0 radical (unpaired) electrons. The third-order valence-corrected chi connectivity index (χ3v) is 10.8. The number of aliphatic imine (C=N–C) groups is 1. The fourth-order valence-corrected chi connectivity index (χ4v) is 7.90. The molecule has 0 aliphatic carbocycles. The van der Waals surface area contributed by atoms with Gasteiger partial charge in [-0.05, 0) is 56.8 Å². The first-order valence-corrected chi connectivity index (χ1v) is 19.6. The third-order valence-electron chi connectivity index (χ3n) is 10.8. The minimum absolute atomic E-state index is 0.0549. The molecule has 1 atom stereocenters. The van der Waals surface area contributed by atoms with Crippen LogP contribution >= 0.6 is 0 Å². The van der Waals surface area contributed by atoms with Crippen LogP contribution in [0.3, 0.4) is 0 Å². The lowest BCUT2D eigenvalue weighted by molar-refractivity contribution is 0.781. The van der Waals surface area contributed by atoms with E-state index in [4.69, 9.17) is 15.0 Å². The number of rotatable bonds is 8. The van der Waals surface area contributed by atoms with Crippen molar-refractivity contribution < 1.29 is 0 Å². The SMILES string of the molecule is C1=C(c2ccc(-c3ccccc3-c3cc(-c4ccccc4)nc(-c4ccccc4)n3)c(-c3cccc4ccccc34)c2)N=C(c2ccccc2)NC1c1ccccc1. The standard InChI is InChI=1S/C54H38N4/c1-5-19-38(20-6-1)49-35-51(57-53(55-49)40-23-9-3-10-24-40)42-32-33-46(48(34-42)44-31-17-27-37-18-13-14-28-43(37)44)45-29-15-16-30-47(45)52-36-50(39-21-7-2-8-22-39)56-54(58-52)41-25-11-4-12-26-41/h1-36,49H,(H,55,57). The molecule has 2 heterocycles. The number of nitrogens with one attached hydrogen (secondary N) is 1. The molecule has 0 amide bonds. The predicted octanol–water partition coefficient (Wildman–Crippen LogP) is 13.1. The van der Waals surface area contributed by atoms with Crippen molar-refractivity contribution in [1.82, 2.24) is 15.3 Å². The van der Waals surface area contributed by atoms with Crippen molar-refractivity contribution in [2.75, 3.05) is 0 Å². The second kappa shape index (κ2) is 15.4. The van der Waals surface area contributed by atoms with E-state index in [1.54, 1.807) is 0 Å². The smallest absolute Gasteiger partial charge is 0.160 e. The Morgan fingerprint density at radius 2 is 0.948 bits per heavy atom. The highest BCUT2D eigenvalue weighted by atomic mass is 15.0. The van der Waals surface area contributed by atoms with Crippen molar-refractivity contribution in [3.8, 4) is 56.2 Å². The van der Waals surface area contributed by atoms with Crippen LogP contribution in [0.15, 0.2) is 223 Å². The first-order chi connectivity index (χ1) is 28.7. The summed E-state index contributed by atoms with van der Waals surface area (Å²) in [5.74, 6) is 1.54. The van der Waals surface area contributed by atoms with E-state index in [1.807, 2.05) is 30.3 Å². The lowest BCUT2D eigenvalue weighted by Crippen LogP contribution is -2.31. The van der Waals surface area contributed by atoms with Gasteiger partial charge in [-0.3, -0.25) is 0 Å². The molecule has 0 bridgehead atoms. The molecule has 0 fully saturated rings. The maximum Gasteiger partial charge on any atom is 0.160 e. The third kappa shape index (κ3) is 6.89. The summed E-state index contributed by atoms with van der Waals surface area (Å²) in [6.07, 6.45) is 2.24. The van der Waals surface area contributed by atoms with Gasteiger partial charge in [0, 0.05) is 27.8 Å². The van der Waals surface area contributed by atoms with Crippen LogP contribution in [0.4, 0.5) is 0 Å². The Morgan fingerprint density at radius 1 is 0.379 bits per heavy atom. The van der Waals surface area contributed by atoms with E-state index in [1.165, 1.54) is 16.3 Å². The van der Waals surface area contributed by atoms with Crippen molar-refractivity contribution in [1.29, 1.82) is 0 Å². The highest BCUT2D eigenvalue weighted by Crippen LogP contribution is 2.43. The van der Waals surface area contributed by atoms with Gasteiger partial charge in [0.15, 0.2) is 5.82 Å². The molecule has 4 nitrogen and oxygen atoms in total. The van der Waals surface area contributed by atoms with Crippen molar-refractivity contribution in [3.05, 3.63) is 235 Å². The molecule has 1 aromatic heterocycles. The van der Waals surface area contributed by atoms with E-state index in [0.29, 0.717) is 5.82 Å². The van der Waals surface area contributed by atoms with E-state index < -0.39 is 0 Å². The van der Waals surface area contributed by atoms with Crippen LogP contribution in [0.5, 0.6) is 0 Å². The molecular weight excluding hydrogens is 705 g/mol. The summed E-state index contributed by atoms with van der Waals surface area (Å²) in [5, 5.41) is 6.09. The van der Waals surface area contributed by atoms with Gasteiger partial charge in [-0.15, -0.1) is 0 Å². The second-order valence-corrected chi connectivity index (χ2v) is 14.4. The minimum atomic E-state index is -0.0549. The van der Waals surface area contributed by atoms with E-state index >= 15 is 0 Å². The summed E-state index contributed by atoms with van der Waals surface area (Å²) in [6.45, 7) is 0. The van der Waals surface area contributed by atoms with E-state index in [-0.39, 0.29) is 6.04 Å². The Hall–Kier alpha value is -7.69. The van der Waals surface area contributed by atoms with E-state index in [2.05, 4.69) is 193 Å². The molecule has 1 aliphatic rings. The van der Waals surface area contributed by atoms with Crippen molar-refractivity contribution in [2.45, 2.75) is 6.04 Å². The molecule has 58 heavy (non-hydrogen) atoms. The van der Waals surface area contributed by atoms with Gasteiger partial charge in [-0.25, -0.2) is 15.0 Å². The van der Waals surface area contributed by atoms with Crippen molar-refractivity contribution >= 4 is 22.3 Å². The van der Waals surface area contributed by atoms with Gasteiger partial charge in [-0.2, -0.15) is 0 Å². The fraction of sp³-hybridized carbons (Fsp3) is 0.0185. The van der Waals surface area contributed by atoms with E-state index in [0.717, 1.165) is 73.0 Å². The highest BCUT2D eigenvalue weighted by molar-refractivity contribution is 6.05. The predicted molar refractivity (Wildman–Crippen MR) is 240 cm³/mol. The highest BCUT2D eigenvalue weighted by Gasteiger charge is 2.22. The molecule has 1 unspecified atom stereocenters. The quantitative estimate of drug-likeness (QED) is 0.169. The molecule has 0 saturated carbocycles. The van der Waals surface area contributed by atoms with Crippen LogP contribution in [0.25, 0.3) is 72.6 Å². The minimum Gasteiger partial charge on any atom is -0.359 e. The van der Waals surface area contributed by atoms with Crippen LogP contribution < -0.4 is 5.32 Å². The zero-order chi connectivity index (χ0) is 38.7. The zero-order valence-corrected chi connectivity index (χ0v) is 31.7. The second-order valence-electron chi connectivity index (χ2n) is 14.4. The van der Waals surface area contributed by atoms with Crippen LogP contribution in [-0.2, 0) is 0 Å². The lowest BCUT2D eigenvalue weighted by atomic mass is 9.87. The lowest BCUT2D eigenvalue weighted by Gasteiger charge is -2.25.